The standard InChI is InChI=1S/C16H18N4OS2.2ClH/c1-17-8-9-20(2)15(21)13-10-12-14(22-13)19-16(23-12)18-11-6-4-3-5-7-11;;/h3-7,10,17H,8-9H2,1-2H3,(H,18,19);2*1H. The van der Waals surface area contributed by atoms with Crippen molar-refractivity contribution in [2.24, 2.45) is 0 Å². The normalized spacial score (nSPS) is 10.0. The van der Waals surface area contributed by atoms with E-state index in [0.717, 1.165) is 31.8 Å². The molecule has 0 atom stereocenters. The molecule has 2 N–H and O–H groups in total. The molecule has 3 aromatic rings. The molecule has 3 rings (SSSR count). The van der Waals surface area contributed by atoms with E-state index < -0.39 is 0 Å². The first-order valence-electron chi connectivity index (χ1n) is 7.30. The van der Waals surface area contributed by atoms with Gasteiger partial charge >= 0.3 is 0 Å². The van der Waals surface area contributed by atoms with Crippen LogP contribution in [0.2, 0.25) is 0 Å². The number of fused-ring (bicyclic) bond motifs is 1. The number of rotatable bonds is 6. The van der Waals surface area contributed by atoms with Gasteiger partial charge in [-0.1, -0.05) is 29.5 Å². The van der Waals surface area contributed by atoms with Gasteiger partial charge in [0, 0.05) is 25.8 Å². The van der Waals surface area contributed by atoms with E-state index in [9.17, 15) is 4.79 Å². The van der Waals surface area contributed by atoms with Crippen LogP contribution in [0.3, 0.4) is 0 Å². The molecular weight excluding hydrogens is 399 g/mol. The Morgan fingerprint density at radius 1 is 1.20 bits per heavy atom. The number of likely N-dealkylation sites (N-methyl/N-ethyl adjacent to an activating group) is 2. The molecule has 0 aliphatic heterocycles. The number of amides is 1. The number of thiophene rings is 1. The lowest BCUT2D eigenvalue weighted by molar-refractivity contribution is 0.0801. The van der Waals surface area contributed by atoms with Gasteiger partial charge in [0.25, 0.3) is 5.91 Å². The van der Waals surface area contributed by atoms with Gasteiger partial charge in [-0.2, -0.15) is 0 Å². The lowest BCUT2D eigenvalue weighted by atomic mass is 10.3. The SMILES string of the molecule is CNCCN(C)C(=O)c1cc2sc(Nc3ccccc3)nc2s1.Cl.Cl. The number of nitrogens with one attached hydrogen (secondary N) is 2. The van der Waals surface area contributed by atoms with E-state index in [-0.39, 0.29) is 30.7 Å². The topological polar surface area (TPSA) is 57.3 Å². The highest BCUT2D eigenvalue weighted by Gasteiger charge is 2.17. The second-order valence-corrected chi connectivity index (χ2v) is 7.18. The summed E-state index contributed by atoms with van der Waals surface area (Å²) >= 11 is 3.01. The van der Waals surface area contributed by atoms with E-state index in [1.807, 2.05) is 50.5 Å². The monoisotopic (exact) mass is 418 g/mol. The van der Waals surface area contributed by atoms with Crippen molar-refractivity contribution in [3.8, 4) is 0 Å². The zero-order chi connectivity index (χ0) is 16.2. The van der Waals surface area contributed by atoms with Crippen LogP contribution in [-0.2, 0) is 0 Å². The van der Waals surface area contributed by atoms with Crippen molar-refractivity contribution in [2.45, 2.75) is 0 Å². The van der Waals surface area contributed by atoms with E-state index in [1.165, 1.54) is 11.3 Å². The number of aromatic nitrogens is 1. The van der Waals surface area contributed by atoms with Crippen LogP contribution in [0.15, 0.2) is 36.4 Å². The molecule has 5 nitrogen and oxygen atoms in total. The molecule has 0 aliphatic carbocycles. The molecule has 136 valence electrons. The number of halogens is 2. The van der Waals surface area contributed by atoms with Crippen molar-refractivity contribution in [1.82, 2.24) is 15.2 Å². The smallest absolute Gasteiger partial charge is 0.263 e. The predicted octanol–water partition coefficient (Wildman–Crippen LogP) is 4.24. The van der Waals surface area contributed by atoms with E-state index in [4.69, 9.17) is 0 Å². The maximum atomic E-state index is 12.4. The molecule has 0 bridgehead atoms. The van der Waals surface area contributed by atoms with Crippen molar-refractivity contribution in [1.29, 1.82) is 0 Å². The molecule has 0 saturated heterocycles. The Kier molecular flexibility index (Phi) is 8.61. The maximum Gasteiger partial charge on any atom is 0.263 e. The molecule has 1 aromatic carbocycles. The number of nitrogens with zero attached hydrogens (tertiary/aromatic N) is 2. The number of para-hydroxylation sites is 1. The van der Waals surface area contributed by atoms with Gasteiger partial charge in [0.2, 0.25) is 0 Å². The van der Waals surface area contributed by atoms with E-state index in [1.54, 1.807) is 16.2 Å². The van der Waals surface area contributed by atoms with Crippen LogP contribution in [0.4, 0.5) is 10.8 Å². The third-order valence-electron chi connectivity index (χ3n) is 3.37. The third kappa shape index (κ3) is 5.29. The zero-order valence-corrected chi connectivity index (χ0v) is 17.1. The Hall–Kier alpha value is -1.38. The highest BCUT2D eigenvalue weighted by Crippen LogP contribution is 2.34. The molecule has 0 aliphatic rings. The number of carbonyl (C=O) groups excluding carboxylic acids is 1. The summed E-state index contributed by atoms with van der Waals surface area (Å²) < 4.78 is 1.04. The summed E-state index contributed by atoms with van der Waals surface area (Å²) in [6.07, 6.45) is 0. The van der Waals surface area contributed by atoms with Crippen LogP contribution in [0, 0.1) is 0 Å². The third-order valence-corrected chi connectivity index (χ3v) is 5.43. The number of thiazole rings is 1. The van der Waals surface area contributed by atoms with E-state index in [2.05, 4.69) is 15.6 Å². The Morgan fingerprint density at radius 3 is 2.56 bits per heavy atom. The summed E-state index contributed by atoms with van der Waals surface area (Å²) in [4.78, 5) is 20.3. The van der Waals surface area contributed by atoms with Gasteiger partial charge < -0.3 is 15.5 Å². The van der Waals surface area contributed by atoms with Crippen LogP contribution in [0.25, 0.3) is 9.53 Å². The Labute approximate surface area is 167 Å². The number of carbonyl (C=O) groups is 1. The minimum Gasteiger partial charge on any atom is -0.340 e. The predicted molar refractivity (Wildman–Crippen MR) is 113 cm³/mol. The average molecular weight is 419 g/mol. The van der Waals surface area contributed by atoms with Gasteiger partial charge in [0.1, 0.15) is 4.83 Å². The largest absolute Gasteiger partial charge is 0.340 e. The van der Waals surface area contributed by atoms with Crippen LogP contribution >= 0.6 is 47.5 Å². The fourth-order valence-corrected chi connectivity index (χ4v) is 4.24. The molecule has 25 heavy (non-hydrogen) atoms. The molecule has 0 spiro atoms. The summed E-state index contributed by atoms with van der Waals surface area (Å²) in [5, 5.41) is 7.18. The molecule has 2 heterocycles. The molecule has 1 amide bonds. The van der Waals surface area contributed by atoms with Crippen molar-refractivity contribution < 1.29 is 4.79 Å². The van der Waals surface area contributed by atoms with Crippen molar-refractivity contribution in [2.75, 3.05) is 32.5 Å². The van der Waals surface area contributed by atoms with Gasteiger partial charge in [-0.05, 0) is 25.2 Å². The quantitative estimate of drug-likeness (QED) is 0.628. The van der Waals surface area contributed by atoms with Crippen LogP contribution < -0.4 is 10.6 Å². The lowest BCUT2D eigenvalue weighted by Gasteiger charge is -2.15. The van der Waals surface area contributed by atoms with Gasteiger partial charge in [-0.3, -0.25) is 4.79 Å². The first-order chi connectivity index (χ1) is 11.2. The number of anilines is 2. The molecule has 0 saturated carbocycles. The molecule has 0 radical (unpaired) electrons. The van der Waals surface area contributed by atoms with E-state index in [0.29, 0.717) is 6.54 Å². The van der Waals surface area contributed by atoms with Crippen molar-refractivity contribution >= 4 is 73.7 Å². The molecule has 0 fully saturated rings. The molecular formula is C16H20Cl2N4OS2. The highest BCUT2D eigenvalue weighted by atomic mass is 35.5. The summed E-state index contributed by atoms with van der Waals surface area (Å²) in [5.74, 6) is 0.0491. The van der Waals surface area contributed by atoms with E-state index >= 15 is 0 Å². The van der Waals surface area contributed by atoms with Gasteiger partial charge in [0.05, 0.1) is 9.58 Å². The van der Waals surface area contributed by atoms with Crippen molar-refractivity contribution in [3.05, 3.63) is 41.3 Å². The Balaban J connectivity index is 0.00000156. The first-order valence-corrected chi connectivity index (χ1v) is 8.93. The second-order valence-electron chi connectivity index (χ2n) is 5.12. The number of benzene rings is 1. The molecule has 2 aromatic heterocycles. The fourth-order valence-electron chi connectivity index (χ4n) is 2.11. The minimum atomic E-state index is 0. The zero-order valence-electron chi connectivity index (χ0n) is 13.8. The summed E-state index contributed by atoms with van der Waals surface area (Å²) in [6.45, 7) is 1.47. The fraction of sp³-hybridized carbons (Fsp3) is 0.250. The Morgan fingerprint density at radius 2 is 1.92 bits per heavy atom. The van der Waals surface area contributed by atoms with Crippen molar-refractivity contribution in [3.63, 3.8) is 0 Å². The second kappa shape index (κ2) is 9.94. The van der Waals surface area contributed by atoms with Crippen LogP contribution in [-0.4, -0.2) is 43.0 Å². The minimum absolute atomic E-state index is 0. The molecule has 9 heteroatoms. The summed E-state index contributed by atoms with van der Waals surface area (Å²) in [6, 6.07) is 11.9. The summed E-state index contributed by atoms with van der Waals surface area (Å²) in [5.41, 5.74) is 1.01. The first kappa shape index (κ1) is 21.7. The average Bonchev–Trinajstić information content (AvgIpc) is 3.11. The lowest BCUT2D eigenvalue weighted by Crippen LogP contribution is -2.32. The maximum absolute atomic E-state index is 12.4. The van der Waals surface area contributed by atoms with Gasteiger partial charge in [-0.25, -0.2) is 4.98 Å². The van der Waals surface area contributed by atoms with Crippen LogP contribution in [0.1, 0.15) is 9.67 Å². The number of hydrogen-bond acceptors (Lipinski definition) is 6. The van der Waals surface area contributed by atoms with Crippen LogP contribution in [0.5, 0.6) is 0 Å². The van der Waals surface area contributed by atoms with Gasteiger partial charge in [0.15, 0.2) is 5.13 Å². The highest BCUT2D eigenvalue weighted by molar-refractivity contribution is 7.29. The number of hydrogen-bond donors (Lipinski definition) is 2. The summed E-state index contributed by atoms with van der Waals surface area (Å²) in [7, 11) is 3.70. The molecule has 0 unspecified atom stereocenters. The Bertz CT molecular complexity index is 775. The van der Waals surface area contributed by atoms with Gasteiger partial charge in [-0.15, -0.1) is 36.2 Å².